The van der Waals surface area contributed by atoms with Crippen LogP contribution in [0.5, 0.6) is 0 Å². The average molecular weight is 370 g/mol. The van der Waals surface area contributed by atoms with Gasteiger partial charge in [0.2, 0.25) is 0 Å². The van der Waals surface area contributed by atoms with Crippen LogP contribution in [0.15, 0.2) is 76.0 Å². The fraction of sp³-hybridized carbons (Fsp3) is 0.0476. The van der Waals surface area contributed by atoms with E-state index in [1.807, 2.05) is 0 Å². The average Bonchev–Trinajstić information content (AvgIpc) is 2.64. The van der Waals surface area contributed by atoms with Gasteiger partial charge in [-0.05, 0) is 53.6 Å². The molecule has 0 bridgehead atoms. The second-order valence-corrected chi connectivity index (χ2v) is 5.74. The fourth-order valence-electron chi connectivity index (χ4n) is 2.39. The molecule has 0 spiro atoms. The van der Waals surface area contributed by atoms with Crippen molar-refractivity contribution in [1.29, 1.82) is 0 Å². The van der Waals surface area contributed by atoms with Crippen LogP contribution in [0.1, 0.15) is 16.7 Å². The van der Waals surface area contributed by atoms with Crippen LogP contribution in [-0.4, -0.2) is 5.78 Å². The first-order chi connectivity index (χ1) is 12.8. The number of hydrogen-bond acceptors (Lipinski definition) is 3. The van der Waals surface area contributed by atoms with E-state index in [9.17, 15) is 22.8 Å². The first-order valence-electron chi connectivity index (χ1n) is 7.92. The van der Waals surface area contributed by atoms with E-state index in [4.69, 9.17) is 4.42 Å². The third kappa shape index (κ3) is 4.82. The summed E-state index contributed by atoms with van der Waals surface area (Å²) < 4.78 is 42.6. The number of fused-ring (bicyclic) bond motifs is 1. The van der Waals surface area contributed by atoms with E-state index >= 15 is 0 Å². The Labute approximate surface area is 152 Å². The maximum atomic E-state index is 12.5. The molecule has 0 aliphatic carbocycles. The van der Waals surface area contributed by atoms with Gasteiger partial charge in [-0.25, -0.2) is 4.79 Å². The molecular formula is C21H13F3O3. The highest BCUT2D eigenvalue weighted by Crippen LogP contribution is 2.29. The maximum absolute atomic E-state index is 12.5. The molecule has 0 aliphatic rings. The van der Waals surface area contributed by atoms with Crippen molar-refractivity contribution in [2.75, 3.05) is 0 Å². The van der Waals surface area contributed by atoms with E-state index in [0.29, 0.717) is 11.1 Å². The first kappa shape index (κ1) is 18.4. The summed E-state index contributed by atoms with van der Waals surface area (Å²) >= 11 is 0. The van der Waals surface area contributed by atoms with Gasteiger partial charge in [-0.1, -0.05) is 30.4 Å². The summed E-state index contributed by atoms with van der Waals surface area (Å²) in [5, 5.41) is 0.726. The molecule has 136 valence electrons. The van der Waals surface area contributed by atoms with Gasteiger partial charge in [-0.2, -0.15) is 13.2 Å². The van der Waals surface area contributed by atoms with E-state index in [1.54, 1.807) is 30.3 Å². The lowest BCUT2D eigenvalue weighted by Gasteiger charge is -2.05. The zero-order valence-electron chi connectivity index (χ0n) is 13.9. The van der Waals surface area contributed by atoms with E-state index in [0.717, 1.165) is 23.1 Å². The number of benzene rings is 2. The molecule has 3 aromatic rings. The molecule has 0 atom stereocenters. The van der Waals surface area contributed by atoms with Gasteiger partial charge in [0.05, 0.1) is 5.56 Å². The molecule has 0 radical (unpaired) electrons. The lowest BCUT2D eigenvalue weighted by molar-refractivity contribution is -0.137. The highest BCUT2D eigenvalue weighted by atomic mass is 19.4. The smallest absolute Gasteiger partial charge is 0.416 e. The quantitative estimate of drug-likeness (QED) is 0.474. The summed E-state index contributed by atoms with van der Waals surface area (Å²) in [7, 11) is 0. The van der Waals surface area contributed by atoms with Crippen molar-refractivity contribution in [1.82, 2.24) is 0 Å². The third-order valence-electron chi connectivity index (χ3n) is 3.76. The monoisotopic (exact) mass is 370 g/mol. The number of halogens is 3. The van der Waals surface area contributed by atoms with Crippen LogP contribution in [-0.2, 0) is 11.0 Å². The molecule has 3 nitrogen and oxygen atoms in total. The summed E-state index contributed by atoms with van der Waals surface area (Å²) in [5.74, 6) is -0.311. The molecule has 0 amide bonds. The number of rotatable bonds is 4. The highest BCUT2D eigenvalue weighted by Gasteiger charge is 2.29. The largest absolute Gasteiger partial charge is 0.423 e. The van der Waals surface area contributed by atoms with Crippen LogP contribution < -0.4 is 5.63 Å². The molecule has 3 rings (SSSR count). The zero-order valence-corrected chi connectivity index (χ0v) is 13.9. The minimum Gasteiger partial charge on any atom is -0.423 e. The molecule has 1 heterocycles. The van der Waals surface area contributed by atoms with E-state index in [1.165, 1.54) is 36.4 Å². The lowest BCUT2D eigenvalue weighted by atomic mass is 10.1. The predicted octanol–water partition coefficient (Wildman–Crippen LogP) is 5.11. The molecule has 0 aliphatic heterocycles. The molecule has 6 heteroatoms. The normalized spacial score (nSPS) is 12.3. The van der Waals surface area contributed by atoms with Gasteiger partial charge in [0.1, 0.15) is 5.58 Å². The number of alkyl halides is 3. The van der Waals surface area contributed by atoms with Crippen LogP contribution >= 0.6 is 0 Å². The third-order valence-corrected chi connectivity index (χ3v) is 3.76. The summed E-state index contributed by atoms with van der Waals surface area (Å²) in [5.41, 5.74) is 0.513. The zero-order chi connectivity index (χ0) is 19.4. The Morgan fingerprint density at radius 2 is 1.48 bits per heavy atom. The fourth-order valence-corrected chi connectivity index (χ4v) is 2.39. The summed E-state index contributed by atoms with van der Waals surface area (Å²) in [4.78, 5) is 23.1. The minimum absolute atomic E-state index is 0.311. The van der Waals surface area contributed by atoms with Gasteiger partial charge in [0, 0.05) is 11.5 Å². The molecule has 0 fully saturated rings. The molecule has 2 aromatic carbocycles. The highest BCUT2D eigenvalue weighted by molar-refractivity contribution is 6.04. The summed E-state index contributed by atoms with van der Waals surface area (Å²) in [6.45, 7) is 0. The molecule has 0 unspecified atom stereocenters. The topological polar surface area (TPSA) is 47.3 Å². The second kappa shape index (κ2) is 7.45. The Bertz CT molecular complexity index is 1090. The van der Waals surface area contributed by atoms with Crippen LogP contribution in [0.2, 0.25) is 0 Å². The number of carbonyl (C=O) groups excluding carboxylic acids is 1. The number of allylic oxidation sites excluding steroid dienone is 2. The second-order valence-electron chi connectivity index (χ2n) is 5.74. The Kier molecular flexibility index (Phi) is 5.07. The number of carbonyl (C=O) groups is 1. The lowest BCUT2D eigenvalue weighted by Crippen LogP contribution is -2.03. The van der Waals surface area contributed by atoms with E-state index < -0.39 is 17.4 Å². The molecule has 0 N–H and O–H groups in total. The molecule has 0 saturated heterocycles. The van der Waals surface area contributed by atoms with Gasteiger partial charge in [-0.15, -0.1) is 0 Å². The summed E-state index contributed by atoms with van der Waals surface area (Å²) in [6, 6.07) is 12.6. The predicted molar refractivity (Wildman–Crippen MR) is 97.0 cm³/mol. The number of hydrogen-bond donors (Lipinski definition) is 0. The van der Waals surface area contributed by atoms with E-state index in [2.05, 4.69) is 0 Å². The standard InChI is InChI=1S/C21H13F3O3/c22-21(23,24)17-7-1-14(2-8-17)3-9-18(25)10-4-15-5-11-19-16(13-15)6-12-20(26)27-19/h1-13H/b9-3+,10-4+. The van der Waals surface area contributed by atoms with Crippen molar-refractivity contribution in [3.8, 4) is 0 Å². The van der Waals surface area contributed by atoms with Gasteiger partial charge in [0.15, 0.2) is 5.78 Å². The molecule has 0 saturated carbocycles. The first-order valence-corrected chi connectivity index (χ1v) is 7.92. The van der Waals surface area contributed by atoms with Gasteiger partial charge < -0.3 is 4.42 Å². The molecule has 1 aromatic heterocycles. The molecular weight excluding hydrogens is 357 g/mol. The Balaban J connectivity index is 1.69. The van der Waals surface area contributed by atoms with Gasteiger partial charge in [0.25, 0.3) is 0 Å². The van der Waals surface area contributed by atoms with Crippen molar-refractivity contribution < 1.29 is 22.4 Å². The van der Waals surface area contributed by atoms with Crippen LogP contribution in [0, 0.1) is 0 Å². The Morgan fingerprint density at radius 3 is 2.15 bits per heavy atom. The Hall–Kier alpha value is -3.41. The summed E-state index contributed by atoms with van der Waals surface area (Å²) in [6.07, 6.45) is 1.29. The van der Waals surface area contributed by atoms with Crippen molar-refractivity contribution in [3.63, 3.8) is 0 Å². The SMILES string of the molecule is O=C(/C=C/c1ccc(C(F)(F)F)cc1)/C=C/c1ccc2oc(=O)ccc2c1. The van der Waals surface area contributed by atoms with Crippen molar-refractivity contribution in [3.05, 3.63) is 93.9 Å². The van der Waals surface area contributed by atoms with Crippen molar-refractivity contribution >= 4 is 28.9 Å². The Morgan fingerprint density at radius 1 is 0.852 bits per heavy atom. The minimum atomic E-state index is -4.39. The van der Waals surface area contributed by atoms with E-state index in [-0.39, 0.29) is 5.78 Å². The molecule has 27 heavy (non-hydrogen) atoms. The van der Waals surface area contributed by atoms with Gasteiger partial charge in [-0.3, -0.25) is 4.79 Å². The van der Waals surface area contributed by atoms with Crippen LogP contribution in [0.4, 0.5) is 13.2 Å². The van der Waals surface area contributed by atoms with Crippen LogP contribution in [0.25, 0.3) is 23.1 Å². The van der Waals surface area contributed by atoms with Crippen LogP contribution in [0.3, 0.4) is 0 Å². The van der Waals surface area contributed by atoms with Gasteiger partial charge >= 0.3 is 11.8 Å². The van der Waals surface area contributed by atoms with Crippen molar-refractivity contribution in [2.45, 2.75) is 6.18 Å². The number of ketones is 1. The van der Waals surface area contributed by atoms with Crippen molar-refractivity contribution in [2.24, 2.45) is 0 Å². The maximum Gasteiger partial charge on any atom is 0.416 e.